The van der Waals surface area contributed by atoms with Crippen molar-refractivity contribution in [2.24, 2.45) is 0 Å². The molecule has 0 saturated carbocycles. The fourth-order valence-corrected chi connectivity index (χ4v) is 8.02. The van der Waals surface area contributed by atoms with Crippen LogP contribution in [0.4, 0.5) is 0 Å². The van der Waals surface area contributed by atoms with Crippen molar-refractivity contribution >= 4 is 64.2 Å². The summed E-state index contributed by atoms with van der Waals surface area (Å²) in [7, 11) is 0. The molecule has 10 aromatic rings. The molecule has 0 fully saturated rings. The Kier molecular flexibility index (Phi) is 6.01. The fourth-order valence-electron chi connectivity index (χ4n) is 6.90. The molecular weight excluding hydrogens is 607 g/mol. The zero-order valence-electron chi connectivity index (χ0n) is 25.6. The van der Waals surface area contributed by atoms with Gasteiger partial charge in [-0.15, -0.1) is 11.3 Å². The van der Waals surface area contributed by atoms with Crippen LogP contribution in [0.1, 0.15) is 0 Å². The lowest BCUT2D eigenvalue weighted by atomic mass is 9.96. The summed E-state index contributed by atoms with van der Waals surface area (Å²) in [4.78, 5) is 15.0. The van der Waals surface area contributed by atoms with Gasteiger partial charge in [0.25, 0.3) is 0 Å². The van der Waals surface area contributed by atoms with E-state index in [0.717, 1.165) is 49.8 Å². The molecule has 0 spiro atoms. The van der Waals surface area contributed by atoms with Gasteiger partial charge in [-0.3, -0.25) is 0 Å². The molecular formula is C43H25N3OS. The zero-order chi connectivity index (χ0) is 31.6. The van der Waals surface area contributed by atoms with Crippen molar-refractivity contribution in [2.45, 2.75) is 0 Å². The standard InChI is InChI=1S/C43H25N3OS/c1-3-11-27(12-4-1)41-44-42(28-13-5-2-6-14-28)46-43(45-41)33-18-10-19-35-38(33)32-17-9-16-30(40(32)47-35)29-22-21-26-23-24-37-39(34(26)25-29)31-15-7-8-20-36(31)48-37/h1-25H. The molecule has 0 atom stereocenters. The van der Waals surface area contributed by atoms with Crippen molar-refractivity contribution in [3.63, 3.8) is 0 Å². The quantitative estimate of drug-likeness (QED) is 0.194. The molecule has 7 aromatic carbocycles. The third-order valence-corrected chi connectivity index (χ3v) is 10.3. The molecule has 224 valence electrons. The van der Waals surface area contributed by atoms with Gasteiger partial charge in [0.2, 0.25) is 0 Å². The SMILES string of the molecule is c1ccc(-c2nc(-c3ccccc3)nc(-c3cccc4oc5c(-c6ccc7ccc8sc9ccccc9c8c7c6)cccc5c34)n2)cc1. The number of furan rings is 1. The molecule has 3 aromatic heterocycles. The van der Waals surface area contributed by atoms with Crippen LogP contribution < -0.4 is 0 Å². The Morgan fingerprint density at radius 3 is 1.85 bits per heavy atom. The van der Waals surface area contributed by atoms with Crippen LogP contribution in [0.2, 0.25) is 0 Å². The van der Waals surface area contributed by atoms with E-state index in [4.69, 9.17) is 19.4 Å². The topological polar surface area (TPSA) is 51.8 Å². The molecule has 0 bridgehead atoms. The van der Waals surface area contributed by atoms with E-state index in [0.29, 0.717) is 17.5 Å². The number of hydrogen-bond donors (Lipinski definition) is 0. The van der Waals surface area contributed by atoms with Gasteiger partial charge in [0.15, 0.2) is 17.5 Å². The number of hydrogen-bond acceptors (Lipinski definition) is 5. The van der Waals surface area contributed by atoms with E-state index in [1.54, 1.807) is 0 Å². The predicted molar refractivity (Wildman–Crippen MR) is 199 cm³/mol. The van der Waals surface area contributed by atoms with Crippen LogP contribution in [0, 0.1) is 0 Å². The number of aromatic nitrogens is 3. The van der Waals surface area contributed by atoms with Crippen LogP contribution >= 0.6 is 11.3 Å². The number of rotatable bonds is 4. The summed E-state index contributed by atoms with van der Waals surface area (Å²) in [6.45, 7) is 0. The largest absolute Gasteiger partial charge is 0.455 e. The Morgan fingerprint density at radius 2 is 1.06 bits per heavy atom. The van der Waals surface area contributed by atoms with Crippen LogP contribution in [0.3, 0.4) is 0 Å². The number of benzene rings is 7. The number of para-hydroxylation sites is 1. The summed E-state index contributed by atoms with van der Waals surface area (Å²) in [5.74, 6) is 1.88. The average Bonchev–Trinajstić information content (AvgIpc) is 3.74. The van der Waals surface area contributed by atoms with Gasteiger partial charge in [0.1, 0.15) is 11.2 Å². The summed E-state index contributed by atoms with van der Waals surface area (Å²) in [6, 6.07) is 52.6. The molecule has 5 heteroatoms. The monoisotopic (exact) mass is 631 g/mol. The van der Waals surface area contributed by atoms with E-state index < -0.39 is 0 Å². The van der Waals surface area contributed by atoms with Crippen LogP contribution in [0.25, 0.3) is 98.2 Å². The lowest BCUT2D eigenvalue weighted by Gasteiger charge is -2.09. The van der Waals surface area contributed by atoms with Crippen molar-refractivity contribution in [2.75, 3.05) is 0 Å². The van der Waals surface area contributed by atoms with Gasteiger partial charge >= 0.3 is 0 Å². The Labute approximate surface area is 279 Å². The minimum absolute atomic E-state index is 0.610. The Morgan fingerprint density at radius 1 is 0.417 bits per heavy atom. The highest BCUT2D eigenvalue weighted by molar-refractivity contribution is 7.26. The Balaban J connectivity index is 1.19. The van der Waals surface area contributed by atoms with E-state index in [1.165, 1.54) is 30.9 Å². The predicted octanol–water partition coefficient (Wildman–Crippen LogP) is 12.0. The summed E-state index contributed by atoms with van der Waals surface area (Å²) in [5, 5.41) is 7.11. The summed E-state index contributed by atoms with van der Waals surface area (Å²) < 4.78 is 9.32. The molecule has 10 rings (SSSR count). The molecule has 0 radical (unpaired) electrons. The highest BCUT2D eigenvalue weighted by Gasteiger charge is 2.20. The average molecular weight is 632 g/mol. The maximum Gasteiger partial charge on any atom is 0.164 e. The minimum atomic E-state index is 0.610. The van der Waals surface area contributed by atoms with E-state index in [1.807, 2.05) is 84.1 Å². The molecule has 0 saturated heterocycles. The molecule has 0 aliphatic carbocycles. The van der Waals surface area contributed by atoms with Gasteiger partial charge in [0.05, 0.1) is 0 Å². The first-order chi connectivity index (χ1) is 23.8. The highest BCUT2D eigenvalue weighted by atomic mass is 32.1. The molecule has 3 heterocycles. The van der Waals surface area contributed by atoms with E-state index in [2.05, 4.69) is 78.9 Å². The Bertz CT molecular complexity index is 2780. The minimum Gasteiger partial charge on any atom is -0.455 e. The maximum atomic E-state index is 6.72. The molecule has 0 N–H and O–H groups in total. The second-order valence-corrected chi connectivity index (χ2v) is 13.1. The van der Waals surface area contributed by atoms with Crippen molar-refractivity contribution in [3.05, 3.63) is 152 Å². The van der Waals surface area contributed by atoms with Crippen molar-refractivity contribution in [3.8, 4) is 45.3 Å². The van der Waals surface area contributed by atoms with Crippen LogP contribution in [-0.4, -0.2) is 15.0 Å². The molecule has 4 nitrogen and oxygen atoms in total. The first-order valence-electron chi connectivity index (χ1n) is 15.9. The number of fused-ring (bicyclic) bond motifs is 8. The first-order valence-corrected chi connectivity index (χ1v) is 16.8. The van der Waals surface area contributed by atoms with E-state index >= 15 is 0 Å². The maximum absolute atomic E-state index is 6.72. The summed E-state index contributed by atoms with van der Waals surface area (Å²) in [6.07, 6.45) is 0. The van der Waals surface area contributed by atoms with Gasteiger partial charge in [-0.05, 0) is 40.6 Å². The fraction of sp³-hybridized carbons (Fsp3) is 0. The van der Waals surface area contributed by atoms with E-state index in [9.17, 15) is 0 Å². The van der Waals surface area contributed by atoms with Crippen molar-refractivity contribution in [1.82, 2.24) is 15.0 Å². The van der Waals surface area contributed by atoms with Crippen molar-refractivity contribution in [1.29, 1.82) is 0 Å². The molecule has 0 aliphatic rings. The second kappa shape index (κ2) is 10.7. The first kappa shape index (κ1) is 27.0. The lowest BCUT2D eigenvalue weighted by Crippen LogP contribution is -2.00. The normalized spacial score (nSPS) is 11.8. The lowest BCUT2D eigenvalue weighted by molar-refractivity contribution is 0.670. The number of nitrogens with zero attached hydrogens (tertiary/aromatic N) is 3. The van der Waals surface area contributed by atoms with Crippen LogP contribution in [0.5, 0.6) is 0 Å². The molecule has 0 aliphatic heterocycles. The van der Waals surface area contributed by atoms with Crippen LogP contribution in [0.15, 0.2) is 156 Å². The van der Waals surface area contributed by atoms with Gasteiger partial charge < -0.3 is 4.42 Å². The summed E-state index contributed by atoms with van der Waals surface area (Å²) in [5.41, 5.74) is 6.60. The van der Waals surface area contributed by atoms with Crippen molar-refractivity contribution < 1.29 is 4.42 Å². The number of thiophene rings is 1. The second-order valence-electron chi connectivity index (χ2n) is 12.0. The van der Waals surface area contributed by atoms with Gasteiger partial charge in [0, 0.05) is 53.2 Å². The summed E-state index contributed by atoms with van der Waals surface area (Å²) >= 11 is 1.85. The molecule has 0 amide bonds. The third kappa shape index (κ3) is 4.25. The molecule has 0 unspecified atom stereocenters. The smallest absolute Gasteiger partial charge is 0.164 e. The highest BCUT2D eigenvalue weighted by Crippen LogP contribution is 2.43. The Hall–Kier alpha value is -6.17. The van der Waals surface area contributed by atoms with Gasteiger partial charge in [-0.25, -0.2) is 15.0 Å². The third-order valence-electron chi connectivity index (χ3n) is 9.13. The molecule has 48 heavy (non-hydrogen) atoms. The van der Waals surface area contributed by atoms with Gasteiger partial charge in [-0.2, -0.15) is 0 Å². The zero-order valence-corrected chi connectivity index (χ0v) is 26.4. The van der Waals surface area contributed by atoms with Crippen LogP contribution in [-0.2, 0) is 0 Å². The van der Waals surface area contributed by atoms with E-state index in [-0.39, 0.29) is 0 Å². The van der Waals surface area contributed by atoms with Gasteiger partial charge in [-0.1, -0.05) is 127 Å².